The highest BCUT2D eigenvalue weighted by molar-refractivity contribution is 7.99. The molecule has 0 spiro atoms. The molecule has 0 unspecified atom stereocenters. The Morgan fingerprint density at radius 1 is 1.29 bits per heavy atom. The van der Waals surface area contributed by atoms with Gasteiger partial charge in [0.1, 0.15) is 17.3 Å². The zero-order valence-electron chi connectivity index (χ0n) is 10.2. The summed E-state index contributed by atoms with van der Waals surface area (Å²) in [6.45, 7) is 1.96. The maximum absolute atomic E-state index is 5.98. The summed E-state index contributed by atoms with van der Waals surface area (Å²) in [7, 11) is 0. The van der Waals surface area contributed by atoms with Crippen molar-refractivity contribution in [3.63, 3.8) is 0 Å². The fourth-order valence-corrected chi connectivity index (χ4v) is 3.09. The summed E-state index contributed by atoms with van der Waals surface area (Å²) >= 11 is 7.97. The molecule has 1 aromatic heterocycles. The van der Waals surface area contributed by atoms with Gasteiger partial charge < -0.3 is 5.32 Å². The van der Waals surface area contributed by atoms with Crippen LogP contribution in [0.1, 0.15) is 31.2 Å². The smallest absolute Gasteiger partial charge is 0.137 e. The predicted octanol–water partition coefficient (Wildman–Crippen LogP) is 3.52. The minimum atomic E-state index is 0.531. The van der Waals surface area contributed by atoms with Crippen molar-refractivity contribution in [2.45, 2.75) is 43.9 Å². The van der Waals surface area contributed by atoms with Gasteiger partial charge in [0.2, 0.25) is 0 Å². The number of hydrogen-bond donors (Lipinski definition) is 1. The number of nitrogens with one attached hydrogen (secondary N) is 1. The highest BCUT2D eigenvalue weighted by Crippen LogP contribution is 2.29. The molecule has 1 aliphatic rings. The molecule has 1 fully saturated rings. The average Bonchev–Trinajstić information content (AvgIpc) is 2.36. The first-order valence-electron chi connectivity index (χ1n) is 5.97. The molecule has 1 aliphatic carbocycles. The highest BCUT2D eigenvalue weighted by atomic mass is 35.5. The molecule has 0 bridgehead atoms. The third-order valence-corrected chi connectivity index (χ3v) is 4.89. The van der Waals surface area contributed by atoms with Crippen LogP contribution in [0.3, 0.4) is 0 Å². The van der Waals surface area contributed by atoms with E-state index in [9.17, 15) is 0 Å². The molecular weight excluding hydrogens is 254 g/mol. The number of rotatable bonds is 3. The Bertz CT molecular complexity index is 378. The van der Waals surface area contributed by atoms with Crippen molar-refractivity contribution in [1.82, 2.24) is 9.97 Å². The fraction of sp³-hybridized carbons (Fsp3) is 0.667. The first kappa shape index (κ1) is 13.0. The van der Waals surface area contributed by atoms with E-state index in [1.165, 1.54) is 32.0 Å². The number of anilines is 1. The van der Waals surface area contributed by atoms with Gasteiger partial charge in [0, 0.05) is 16.9 Å². The van der Waals surface area contributed by atoms with Gasteiger partial charge in [-0.1, -0.05) is 11.6 Å². The van der Waals surface area contributed by atoms with Crippen molar-refractivity contribution in [1.29, 1.82) is 0 Å². The zero-order valence-corrected chi connectivity index (χ0v) is 11.8. The van der Waals surface area contributed by atoms with Crippen LogP contribution in [0.2, 0.25) is 5.15 Å². The Morgan fingerprint density at radius 2 is 2.00 bits per heavy atom. The minimum absolute atomic E-state index is 0.531. The molecule has 1 aromatic rings. The van der Waals surface area contributed by atoms with Crippen LogP contribution in [0, 0.1) is 6.92 Å². The maximum Gasteiger partial charge on any atom is 0.137 e. The fourth-order valence-electron chi connectivity index (χ4n) is 2.21. The number of nitrogens with zero attached hydrogens (tertiary/aromatic N) is 2. The van der Waals surface area contributed by atoms with Crippen LogP contribution >= 0.6 is 23.4 Å². The SMILES string of the molecule is CSC1CCC(Nc2ncnc(Cl)c2C)CC1. The number of hydrogen-bond acceptors (Lipinski definition) is 4. The molecule has 0 amide bonds. The molecule has 0 aromatic carbocycles. The quantitative estimate of drug-likeness (QED) is 0.854. The first-order chi connectivity index (χ1) is 8.20. The van der Waals surface area contributed by atoms with Crippen LogP contribution in [-0.2, 0) is 0 Å². The Balaban J connectivity index is 1.95. The lowest BCUT2D eigenvalue weighted by Gasteiger charge is -2.28. The van der Waals surface area contributed by atoms with E-state index in [4.69, 9.17) is 11.6 Å². The molecule has 0 aliphatic heterocycles. The van der Waals surface area contributed by atoms with Crippen LogP contribution in [0.25, 0.3) is 0 Å². The number of halogens is 1. The van der Waals surface area contributed by atoms with E-state index in [1.54, 1.807) is 0 Å². The van der Waals surface area contributed by atoms with Gasteiger partial charge in [0.15, 0.2) is 0 Å². The van der Waals surface area contributed by atoms with Crippen LogP contribution < -0.4 is 5.32 Å². The normalized spacial score (nSPS) is 24.6. The van der Waals surface area contributed by atoms with Gasteiger partial charge in [0.25, 0.3) is 0 Å². The van der Waals surface area contributed by atoms with E-state index in [0.717, 1.165) is 16.6 Å². The molecule has 1 saturated carbocycles. The molecular formula is C12H18ClN3S. The summed E-state index contributed by atoms with van der Waals surface area (Å²) in [5.74, 6) is 0.887. The van der Waals surface area contributed by atoms with Crippen LogP contribution in [-0.4, -0.2) is 27.5 Å². The molecule has 2 rings (SSSR count). The predicted molar refractivity (Wildman–Crippen MR) is 75.0 cm³/mol. The second-order valence-corrected chi connectivity index (χ2v) is 5.99. The third-order valence-electron chi connectivity index (χ3n) is 3.37. The van der Waals surface area contributed by atoms with E-state index in [1.807, 2.05) is 18.7 Å². The minimum Gasteiger partial charge on any atom is -0.367 e. The van der Waals surface area contributed by atoms with Crippen molar-refractivity contribution < 1.29 is 0 Å². The van der Waals surface area contributed by atoms with E-state index >= 15 is 0 Å². The van der Waals surface area contributed by atoms with E-state index in [0.29, 0.717) is 11.2 Å². The van der Waals surface area contributed by atoms with E-state index in [-0.39, 0.29) is 0 Å². The molecule has 0 atom stereocenters. The van der Waals surface area contributed by atoms with Gasteiger partial charge in [-0.3, -0.25) is 0 Å². The molecule has 94 valence electrons. The molecule has 0 radical (unpaired) electrons. The third kappa shape index (κ3) is 3.26. The molecule has 5 heteroatoms. The molecule has 17 heavy (non-hydrogen) atoms. The Hall–Kier alpha value is -0.480. The summed E-state index contributed by atoms with van der Waals surface area (Å²) < 4.78 is 0. The van der Waals surface area contributed by atoms with Gasteiger partial charge in [-0.2, -0.15) is 11.8 Å². The maximum atomic E-state index is 5.98. The number of thioether (sulfide) groups is 1. The second kappa shape index (κ2) is 5.91. The lowest BCUT2D eigenvalue weighted by Crippen LogP contribution is -2.27. The molecule has 1 N–H and O–H groups in total. The standard InChI is InChI=1S/C12H18ClN3S/c1-8-11(13)14-7-15-12(8)16-9-3-5-10(17-2)6-4-9/h7,9-10H,3-6H2,1-2H3,(H,14,15,16). The monoisotopic (exact) mass is 271 g/mol. The lowest BCUT2D eigenvalue weighted by atomic mass is 9.95. The lowest BCUT2D eigenvalue weighted by molar-refractivity contribution is 0.472. The Kier molecular flexibility index (Phi) is 4.51. The van der Waals surface area contributed by atoms with Crippen molar-refractivity contribution in [3.8, 4) is 0 Å². The largest absolute Gasteiger partial charge is 0.367 e. The molecule has 1 heterocycles. The molecule has 3 nitrogen and oxygen atoms in total. The van der Waals surface area contributed by atoms with Gasteiger partial charge in [-0.25, -0.2) is 9.97 Å². The zero-order chi connectivity index (χ0) is 12.3. The summed E-state index contributed by atoms with van der Waals surface area (Å²) in [6, 6.07) is 0.531. The van der Waals surface area contributed by atoms with Crippen LogP contribution in [0.5, 0.6) is 0 Å². The van der Waals surface area contributed by atoms with Crippen LogP contribution in [0.15, 0.2) is 6.33 Å². The van der Waals surface area contributed by atoms with Gasteiger partial charge >= 0.3 is 0 Å². The summed E-state index contributed by atoms with van der Waals surface area (Å²) in [6.07, 6.45) is 8.73. The Morgan fingerprint density at radius 3 is 2.65 bits per heavy atom. The van der Waals surface area contributed by atoms with Crippen LogP contribution in [0.4, 0.5) is 5.82 Å². The number of aromatic nitrogens is 2. The first-order valence-corrected chi connectivity index (χ1v) is 7.63. The van der Waals surface area contributed by atoms with Crippen molar-refractivity contribution >= 4 is 29.2 Å². The van der Waals surface area contributed by atoms with Gasteiger partial charge in [0.05, 0.1) is 0 Å². The summed E-state index contributed by atoms with van der Waals surface area (Å²) in [4.78, 5) is 8.23. The topological polar surface area (TPSA) is 37.8 Å². The second-order valence-electron chi connectivity index (χ2n) is 4.49. The van der Waals surface area contributed by atoms with Gasteiger partial charge in [-0.05, 0) is 38.9 Å². The van der Waals surface area contributed by atoms with E-state index in [2.05, 4.69) is 21.5 Å². The van der Waals surface area contributed by atoms with E-state index < -0.39 is 0 Å². The molecule has 0 saturated heterocycles. The van der Waals surface area contributed by atoms with Gasteiger partial charge in [-0.15, -0.1) is 0 Å². The Labute approximate surface area is 112 Å². The van der Waals surface area contributed by atoms with Crippen molar-refractivity contribution in [2.24, 2.45) is 0 Å². The van der Waals surface area contributed by atoms with Crippen molar-refractivity contribution in [3.05, 3.63) is 17.0 Å². The average molecular weight is 272 g/mol. The van der Waals surface area contributed by atoms with Crippen molar-refractivity contribution in [2.75, 3.05) is 11.6 Å². The highest BCUT2D eigenvalue weighted by Gasteiger charge is 2.21. The summed E-state index contributed by atoms with van der Waals surface area (Å²) in [5, 5.41) is 4.87. The summed E-state index contributed by atoms with van der Waals surface area (Å²) in [5.41, 5.74) is 0.946.